The van der Waals surface area contributed by atoms with Crippen molar-refractivity contribution in [1.82, 2.24) is 0 Å². The minimum Gasteiger partial charge on any atom is -0.481 e. The summed E-state index contributed by atoms with van der Waals surface area (Å²) in [6.07, 6.45) is 10.0. The smallest absolute Gasteiger partial charge is 0.303 e. The molecule has 0 aliphatic heterocycles. The van der Waals surface area contributed by atoms with Gasteiger partial charge in [0, 0.05) is 12.5 Å². The Labute approximate surface area is 106 Å². The number of aliphatic carboxylic acids is 1. The van der Waals surface area contributed by atoms with Crippen molar-refractivity contribution in [3.8, 4) is 0 Å². The molecule has 102 valence electrons. The Hall–Kier alpha value is -0.570. The third-order valence-corrected chi connectivity index (χ3v) is 3.07. The topological polar surface area (TPSA) is 63.3 Å². The summed E-state index contributed by atoms with van der Waals surface area (Å²) in [7, 11) is 0. The Balaban J connectivity index is 0.000000318. The molecule has 0 unspecified atom stereocenters. The van der Waals surface area contributed by atoms with Gasteiger partial charge in [-0.3, -0.25) is 4.79 Å². The third-order valence-electron chi connectivity index (χ3n) is 3.07. The van der Waals surface area contributed by atoms with Crippen molar-refractivity contribution in [2.75, 3.05) is 0 Å². The molecule has 0 aromatic carbocycles. The average Bonchev–Trinajstić information content (AvgIpc) is 2.26. The first kappa shape index (κ1) is 16.4. The van der Waals surface area contributed by atoms with Gasteiger partial charge in [-0.05, 0) is 25.2 Å². The molecule has 0 atom stereocenters. The van der Waals surface area contributed by atoms with E-state index in [1.54, 1.807) is 0 Å². The number of hydrogen-bond donors (Lipinski definition) is 2. The molecule has 0 radical (unpaired) electrons. The molecule has 0 aromatic rings. The molecule has 0 aromatic heterocycles. The first-order valence-electron chi connectivity index (χ1n) is 6.99. The summed E-state index contributed by atoms with van der Waals surface area (Å²) in [4.78, 5) is 10.0. The minimum atomic E-state index is -0.677. The van der Waals surface area contributed by atoms with E-state index in [1.165, 1.54) is 32.1 Å². The number of carbonyl (C=O) groups is 1. The average molecular weight is 243 g/mol. The van der Waals surface area contributed by atoms with Crippen LogP contribution >= 0.6 is 0 Å². The van der Waals surface area contributed by atoms with Crippen molar-refractivity contribution < 1.29 is 9.90 Å². The Morgan fingerprint density at radius 1 is 1.24 bits per heavy atom. The Bertz CT molecular complexity index is 187. The Morgan fingerprint density at radius 3 is 2.18 bits per heavy atom. The van der Waals surface area contributed by atoms with Crippen molar-refractivity contribution in [3.05, 3.63) is 0 Å². The van der Waals surface area contributed by atoms with Crippen LogP contribution in [0.4, 0.5) is 0 Å². The van der Waals surface area contributed by atoms with Crippen LogP contribution in [0.1, 0.15) is 71.6 Å². The van der Waals surface area contributed by atoms with Crippen LogP contribution in [0.25, 0.3) is 0 Å². The van der Waals surface area contributed by atoms with E-state index in [0.717, 1.165) is 19.3 Å². The standard InChI is InChI=1S/C8H16O2.C6H13N/c1-7(2)5-3-4-6-8(9)10;7-6-4-2-1-3-5-6/h7H,3-6H2,1-2H3,(H,9,10);6H,1-5,7H2. The van der Waals surface area contributed by atoms with E-state index >= 15 is 0 Å². The predicted octanol–water partition coefficient (Wildman–Crippen LogP) is 3.57. The number of carboxylic acids is 1. The molecule has 3 N–H and O–H groups in total. The van der Waals surface area contributed by atoms with Gasteiger partial charge >= 0.3 is 5.97 Å². The van der Waals surface area contributed by atoms with Crippen LogP contribution in [-0.4, -0.2) is 17.1 Å². The molecule has 3 nitrogen and oxygen atoms in total. The van der Waals surface area contributed by atoms with Gasteiger partial charge in [-0.2, -0.15) is 0 Å². The Kier molecular flexibility index (Phi) is 10.2. The summed E-state index contributed by atoms with van der Waals surface area (Å²) in [6, 6.07) is 0.536. The van der Waals surface area contributed by atoms with Crippen molar-refractivity contribution in [2.24, 2.45) is 11.7 Å². The van der Waals surface area contributed by atoms with Gasteiger partial charge in [0.1, 0.15) is 0 Å². The normalized spacial score (nSPS) is 16.5. The van der Waals surface area contributed by atoms with E-state index < -0.39 is 5.97 Å². The van der Waals surface area contributed by atoms with Gasteiger partial charge in [0.25, 0.3) is 0 Å². The summed E-state index contributed by atoms with van der Waals surface area (Å²) >= 11 is 0. The molecular weight excluding hydrogens is 214 g/mol. The summed E-state index contributed by atoms with van der Waals surface area (Å²) in [5.74, 6) is 0.0255. The van der Waals surface area contributed by atoms with Crippen molar-refractivity contribution >= 4 is 5.97 Å². The fourth-order valence-corrected chi connectivity index (χ4v) is 1.96. The quantitative estimate of drug-likeness (QED) is 0.726. The van der Waals surface area contributed by atoms with Crippen LogP contribution in [-0.2, 0) is 4.79 Å². The van der Waals surface area contributed by atoms with Crippen LogP contribution in [0.3, 0.4) is 0 Å². The third kappa shape index (κ3) is 13.4. The molecule has 0 spiro atoms. The SMILES string of the molecule is CC(C)CCCCC(=O)O.NC1CCCCC1. The fraction of sp³-hybridized carbons (Fsp3) is 0.929. The molecule has 1 aliphatic carbocycles. The zero-order valence-electron chi connectivity index (χ0n) is 11.5. The largest absolute Gasteiger partial charge is 0.481 e. The van der Waals surface area contributed by atoms with Crippen LogP contribution < -0.4 is 5.73 Å². The van der Waals surface area contributed by atoms with Gasteiger partial charge in [0.2, 0.25) is 0 Å². The second-order valence-electron chi connectivity index (χ2n) is 5.43. The van der Waals surface area contributed by atoms with Gasteiger partial charge in [-0.1, -0.05) is 46.0 Å². The minimum absolute atomic E-state index is 0.326. The lowest BCUT2D eigenvalue weighted by Crippen LogP contribution is -2.22. The van der Waals surface area contributed by atoms with Gasteiger partial charge in [0.15, 0.2) is 0 Å². The second-order valence-corrected chi connectivity index (χ2v) is 5.43. The van der Waals surface area contributed by atoms with E-state index in [9.17, 15) is 4.79 Å². The summed E-state index contributed by atoms with van der Waals surface area (Å²) in [5, 5.41) is 8.28. The molecule has 1 saturated carbocycles. The molecule has 0 heterocycles. The van der Waals surface area contributed by atoms with Crippen LogP contribution in [0.2, 0.25) is 0 Å². The number of hydrogen-bond acceptors (Lipinski definition) is 2. The number of nitrogens with two attached hydrogens (primary N) is 1. The summed E-state index contributed by atoms with van der Waals surface area (Å²) in [6.45, 7) is 4.31. The number of rotatable bonds is 5. The van der Waals surface area contributed by atoms with E-state index in [0.29, 0.717) is 18.4 Å². The highest BCUT2D eigenvalue weighted by Gasteiger charge is 2.06. The lowest BCUT2D eigenvalue weighted by atomic mass is 9.97. The highest BCUT2D eigenvalue weighted by Crippen LogP contribution is 2.14. The fourth-order valence-electron chi connectivity index (χ4n) is 1.96. The molecule has 1 fully saturated rings. The van der Waals surface area contributed by atoms with Gasteiger partial charge < -0.3 is 10.8 Å². The van der Waals surface area contributed by atoms with Crippen LogP contribution in [0, 0.1) is 5.92 Å². The molecular formula is C14H29NO2. The molecule has 1 aliphatic rings. The lowest BCUT2D eigenvalue weighted by molar-refractivity contribution is -0.137. The second kappa shape index (κ2) is 10.6. The predicted molar refractivity (Wildman–Crippen MR) is 72.0 cm³/mol. The molecule has 0 bridgehead atoms. The molecule has 1 rings (SSSR count). The van der Waals surface area contributed by atoms with E-state index in [1.807, 2.05) is 0 Å². The first-order valence-corrected chi connectivity index (χ1v) is 6.99. The molecule has 0 saturated heterocycles. The molecule has 17 heavy (non-hydrogen) atoms. The van der Waals surface area contributed by atoms with E-state index in [2.05, 4.69) is 13.8 Å². The lowest BCUT2D eigenvalue weighted by Gasteiger charge is -2.15. The summed E-state index contributed by atoms with van der Waals surface area (Å²) < 4.78 is 0. The highest BCUT2D eigenvalue weighted by molar-refractivity contribution is 5.66. The zero-order valence-corrected chi connectivity index (χ0v) is 11.5. The van der Waals surface area contributed by atoms with Gasteiger partial charge in [-0.15, -0.1) is 0 Å². The van der Waals surface area contributed by atoms with Gasteiger partial charge in [0.05, 0.1) is 0 Å². The number of unbranched alkanes of at least 4 members (excludes halogenated alkanes) is 1. The zero-order chi connectivity index (χ0) is 13.1. The number of carboxylic acid groups (broad SMARTS) is 1. The van der Waals surface area contributed by atoms with Crippen LogP contribution in [0.5, 0.6) is 0 Å². The maximum Gasteiger partial charge on any atom is 0.303 e. The maximum atomic E-state index is 10.0. The maximum absolute atomic E-state index is 10.0. The highest BCUT2D eigenvalue weighted by atomic mass is 16.4. The molecule has 3 heteroatoms. The first-order chi connectivity index (χ1) is 8.02. The van der Waals surface area contributed by atoms with Crippen LogP contribution in [0.15, 0.2) is 0 Å². The van der Waals surface area contributed by atoms with E-state index in [4.69, 9.17) is 10.8 Å². The van der Waals surface area contributed by atoms with E-state index in [-0.39, 0.29) is 0 Å². The monoisotopic (exact) mass is 243 g/mol. The summed E-state index contributed by atoms with van der Waals surface area (Å²) in [5.41, 5.74) is 5.63. The van der Waals surface area contributed by atoms with Gasteiger partial charge in [-0.25, -0.2) is 0 Å². The Morgan fingerprint density at radius 2 is 1.82 bits per heavy atom. The molecule has 0 amide bonds. The van der Waals surface area contributed by atoms with Crippen molar-refractivity contribution in [1.29, 1.82) is 0 Å². The van der Waals surface area contributed by atoms with Crippen molar-refractivity contribution in [3.63, 3.8) is 0 Å². The van der Waals surface area contributed by atoms with Crippen molar-refractivity contribution in [2.45, 2.75) is 77.7 Å².